The first-order valence-corrected chi connectivity index (χ1v) is 11.4. The van der Waals surface area contributed by atoms with Gasteiger partial charge in [-0.1, -0.05) is 51.8 Å². The molecule has 0 saturated carbocycles. The highest BCUT2D eigenvalue weighted by atomic mass is 31.1. The fourth-order valence-electron chi connectivity index (χ4n) is 3.63. The fourth-order valence-corrected chi connectivity index (χ4v) is 4.17. The lowest BCUT2D eigenvalue weighted by Crippen LogP contribution is -2.02. The summed E-state index contributed by atoms with van der Waals surface area (Å²) in [5.74, 6) is 0. The third kappa shape index (κ3) is 4.30. The Balaban J connectivity index is 2.18. The maximum Gasteiger partial charge on any atom is 0.0715 e. The van der Waals surface area contributed by atoms with E-state index in [2.05, 4.69) is 82.9 Å². The van der Waals surface area contributed by atoms with Crippen LogP contribution in [0.3, 0.4) is 0 Å². The van der Waals surface area contributed by atoms with E-state index in [1.54, 1.807) is 0 Å². The molecule has 1 nitrogen and oxygen atoms in total. The second-order valence-electron chi connectivity index (χ2n) is 7.27. The van der Waals surface area contributed by atoms with Crippen LogP contribution in [0.1, 0.15) is 54.6 Å². The van der Waals surface area contributed by atoms with Crippen molar-refractivity contribution in [2.24, 2.45) is 0 Å². The van der Waals surface area contributed by atoms with Gasteiger partial charge in [0, 0.05) is 11.0 Å². The van der Waals surface area contributed by atoms with Crippen molar-refractivity contribution >= 4 is 30.4 Å². The molecule has 2 aromatic carbocycles. The van der Waals surface area contributed by atoms with Crippen LogP contribution < -0.4 is 5.30 Å². The van der Waals surface area contributed by atoms with Gasteiger partial charge in [0.1, 0.15) is 0 Å². The molecule has 0 aliphatic heterocycles. The second kappa shape index (κ2) is 8.81. The summed E-state index contributed by atoms with van der Waals surface area (Å²) in [5, 5.41) is 2.71. The lowest BCUT2D eigenvalue weighted by molar-refractivity contribution is 0.798. The van der Waals surface area contributed by atoms with Crippen molar-refractivity contribution in [2.75, 3.05) is 6.66 Å². The number of allylic oxidation sites excluding steroid dienone is 1. The minimum Gasteiger partial charge on any atom is -0.248 e. The summed E-state index contributed by atoms with van der Waals surface area (Å²) in [7, 11) is 0.808. The Morgan fingerprint density at radius 1 is 1.07 bits per heavy atom. The number of aromatic nitrogens is 1. The number of rotatable bonds is 6. The van der Waals surface area contributed by atoms with Gasteiger partial charge in [-0.25, -0.2) is 4.98 Å². The van der Waals surface area contributed by atoms with E-state index in [-0.39, 0.29) is 0 Å². The molecule has 0 aliphatic carbocycles. The Morgan fingerprint density at radius 3 is 2.59 bits per heavy atom. The van der Waals surface area contributed by atoms with Crippen molar-refractivity contribution in [1.82, 2.24) is 4.98 Å². The largest absolute Gasteiger partial charge is 0.248 e. The first-order valence-electron chi connectivity index (χ1n) is 9.93. The number of benzene rings is 2. The monoisotopic (exact) mass is 375 g/mol. The molecule has 0 fully saturated rings. The summed E-state index contributed by atoms with van der Waals surface area (Å²) in [6.45, 7) is 11.0. The van der Waals surface area contributed by atoms with Gasteiger partial charge in [-0.05, 0) is 86.5 Å². The molecular formula is C25H30NP. The van der Waals surface area contributed by atoms with Crippen molar-refractivity contribution in [3.05, 3.63) is 76.5 Å². The van der Waals surface area contributed by atoms with E-state index in [1.165, 1.54) is 51.4 Å². The Labute approximate surface area is 165 Å². The van der Waals surface area contributed by atoms with Gasteiger partial charge < -0.3 is 0 Å². The van der Waals surface area contributed by atoms with E-state index in [4.69, 9.17) is 4.98 Å². The predicted octanol–water partition coefficient (Wildman–Crippen LogP) is 6.58. The van der Waals surface area contributed by atoms with Gasteiger partial charge in [0.25, 0.3) is 0 Å². The smallest absolute Gasteiger partial charge is 0.0715 e. The van der Waals surface area contributed by atoms with Crippen LogP contribution >= 0.6 is 8.58 Å². The van der Waals surface area contributed by atoms with Gasteiger partial charge in [0.05, 0.1) is 11.2 Å². The third-order valence-electron chi connectivity index (χ3n) is 5.23. The Morgan fingerprint density at radius 2 is 1.89 bits per heavy atom. The van der Waals surface area contributed by atoms with Crippen LogP contribution in [0.25, 0.3) is 16.5 Å². The lowest BCUT2D eigenvalue weighted by Gasteiger charge is -2.15. The van der Waals surface area contributed by atoms with Crippen LogP contribution in [0, 0.1) is 13.8 Å². The van der Waals surface area contributed by atoms with Crippen LogP contribution in [0.4, 0.5) is 0 Å². The number of pyridine rings is 1. The molecule has 1 unspecified atom stereocenters. The van der Waals surface area contributed by atoms with E-state index < -0.39 is 0 Å². The van der Waals surface area contributed by atoms with Gasteiger partial charge in [0.15, 0.2) is 0 Å². The maximum absolute atomic E-state index is 5.06. The SMILES string of the molecule is C/C=C(/c1cc(CCCC)c2cc(C)ccc2n1)c1cc(PC)ccc1C. The number of nitrogens with zero attached hydrogens (tertiary/aromatic N) is 1. The molecule has 3 rings (SSSR count). The van der Waals surface area contributed by atoms with Crippen LogP contribution in [0.15, 0.2) is 48.5 Å². The predicted molar refractivity (Wildman–Crippen MR) is 123 cm³/mol. The summed E-state index contributed by atoms with van der Waals surface area (Å²) in [6, 6.07) is 15.8. The Kier molecular flexibility index (Phi) is 6.45. The zero-order valence-corrected chi connectivity index (χ0v) is 18.2. The molecular weight excluding hydrogens is 345 g/mol. The van der Waals surface area contributed by atoms with Crippen molar-refractivity contribution in [2.45, 2.75) is 47.0 Å². The van der Waals surface area contributed by atoms with Gasteiger partial charge in [-0.15, -0.1) is 0 Å². The molecule has 140 valence electrons. The molecule has 0 saturated heterocycles. The van der Waals surface area contributed by atoms with Crippen LogP contribution in [0.5, 0.6) is 0 Å². The van der Waals surface area contributed by atoms with E-state index in [0.29, 0.717) is 0 Å². The van der Waals surface area contributed by atoms with Crippen LogP contribution in [0.2, 0.25) is 0 Å². The molecule has 0 amide bonds. The number of aryl methyl sites for hydroxylation is 3. The highest BCUT2D eigenvalue weighted by molar-refractivity contribution is 7.46. The summed E-state index contributed by atoms with van der Waals surface area (Å²) in [6.07, 6.45) is 5.75. The van der Waals surface area contributed by atoms with E-state index in [1.807, 2.05) is 0 Å². The molecule has 2 heteroatoms. The molecule has 0 spiro atoms. The van der Waals surface area contributed by atoms with Gasteiger partial charge >= 0.3 is 0 Å². The van der Waals surface area contributed by atoms with Crippen LogP contribution in [-0.4, -0.2) is 11.6 Å². The number of fused-ring (bicyclic) bond motifs is 1. The third-order valence-corrected chi connectivity index (χ3v) is 6.12. The summed E-state index contributed by atoms with van der Waals surface area (Å²) in [4.78, 5) is 5.06. The normalized spacial score (nSPS) is 12.4. The molecule has 1 aromatic heterocycles. The van der Waals surface area contributed by atoms with Crippen molar-refractivity contribution in [3.8, 4) is 0 Å². The maximum atomic E-state index is 5.06. The molecule has 0 N–H and O–H groups in total. The molecule has 0 aliphatic rings. The van der Waals surface area contributed by atoms with Gasteiger partial charge in [-0.3, -0.25) is 0 Å². The average molecular weight is 375 g/mol. The Hall–Kier alpha value is -1.98. The molecule has 0 radical (unpaired) electrons. The molecule has 3 aromatic rings. The van der Waals surface area contributed by atoms with Gasteiger partial charge in [-0.2, -0.15) is 0 Å². The minimum atomic E-state index is 0.808. The number of hydrogen-bond donors (Lipinski definition) is 0. The topological polar surface area (TPSA) is 12.9 Å². The molecule has 0 bridgehead atoms. The standard InChI is InChI=1S/C25H30NP/c1-6-8-9-19-15-25(26-24-13-10-17(3)14-23(19)24)21(7-2)22-16-20(27-5)12-11-18(22)4/h7,10-16,27H,6,8-9H2,1-5H3/b21-7+. The summed E-state index contributed by atoms with van der Waals surface area (Å²) < 4.78 is 0. The Bertz CT molecular complexity index is 985. The first kappa shape index (κ1) is 19.8. The second-order valence-corrected chi connectivity index (χ2v) is 8.35. The average Bonchev–Trinajstić information content (AvgIpc) is 2.68. The van der Waals surface area contributed by atoms with Gasteiger partial charge in [0.2, 0.25) is 0 Å². The molecule has 1 atom stereocenters. The van der Waals surface area contributed by atoms with Crippen molar-refractivity contribution < 1.29 is 0 Å². The summed E-state index contributed by atoms with van der Waals surface area (Å²) >= 11 is 0. The van der Waals surface area contributed by atoms with E-state index in [9.17, 15) is 0 Å². The van der Waals surface area contributed by atoms with E-state index in [0.717, 1.165) is 26.2 Å². The molecule has 27 heavy (non-hydrogen) atoms. The van der Waals surface area contributed by atoms with Crippen LogP contribution in [-0.2, 0) is 6.42 Å². The molecule has 1 heterocycles. The zero-order valence-electron chi connectivity index (χ0n) is 17.2. The van der Waals surface area contributed by atoms with E-state index >= 15 is 0 Å². The minimum absolute atomic E-state index is 0.808. The van der Waals surface area contributed by atoms with Crippen molar-refractivity contribution in [3.63, 3.8) is 0 Å². The number of hydrogen-bond acceptors (Lipinski definition) is 1. The first-order chi connectivity index (χ1) is 13.1. The lowest BCUT2D eigenvalue weighted by atomic mass is 9.94. The highest BCUT2D eigenvalue weighted by Crippen LogP contribution is 2.30. The summed E-state index contributed by atoms with van der Waals surface area (Å²) in [5.41, 5.74) is 8.79. The fraction of sp³-hybridized carbons (Fsp3) is 0.320. The zero-order chi connectivity index (χ0) is 19.4. The quantitative estimate of drug-likeness (QED) is 0.444. The van der Waals surface area contributed by atoms with Crippen molar-refractivity contribution in [1.29, 1.82) is 0 Å². The highest BCUT2D eigenvalue weighted by Gasteiger charge is 2.13. The number of unbranched alkanes of at least 4 members (excludes halogenated alkanes) is 1.